The molecule has 1 N–H and O–H groups in total. The van der Waals surface area contributed by atoms with Gasteiger partial charge in [-0.1, -0.05) is 6.07 Å². The van der Waals surface area contributed by atoms with Gasteiger partial charge in [0.15, 0.2) is 5.13 Å². The highest BCUT2D eigenvalue weighted by Crippen LogP contribution is 2.19. The molecule has 1 aromatic heterocycles. The van der Waals surface area contributed by atoms with E-state index < -0.39 is 12.5 Å². The molecule has 19 heavy (non-hydrogen) atoms. The zero-order valence-electron chi connectivity index (χ0n) is 9.89. The fourth-order valence-electron chi connectivity index (χ4n) is 1.40. The second kappa shape index (κ2) is 5.75. The highest BCUT2D eigenvalue weighted by molar-refractivity contribution is 7.15. The first-order valence-electron chi connectivity index (χ1n) is 5.33. The predicted molar refractivity (Wildman–Crippen MR) is 67.9 cm³/mol. The highest BCUT2D eigenvalue weighted by atomic mass is 32.1. The van der Waals surface area contributed by atoms with E-state index in [0.29, 0.717) is 5.13 Å². The second-order valence-electron chi connectivity index (χ2n) is 3.64. The highest BCUT2D eigenvalue weighted by Gasteiger charge is 2.11. The Morgan fingerprint density at radius 3 is 2.89 bits per heavy atom. The average molecular weight is 284 g/mol. The largest absolute Gasteiger partial charge is 0.435 e. The van der Waals surface area contributed by atoms with E-state index in [4.69, 9.17) is 0 Å². The number of benzene rings is 1. The fourth-order valence-corrected chi connectivity index (χ4v) is 2.05. The van der Waals surface area contributed by atoms with E-state index in [1.54, 1.807) is 6.20 Å². The van der Waals surface area contributed by atoms with Crippen LogP contribution < -0.4 is 10.1 Å². The molecule has 0 aliphatic rings. The lowest BCUT2D eigenvalue weighted by molar-refractivity contribution is -0.0498. The Morgan fingerprint density at radius 1 is 1.47 bits per heavy atom. The molecule has 0 saturated heterocycles. The van der Waals surface area contributed by atoms with Gasteiger partial charge in [-0.2, -0.15) is 8.78 Å². The molecule has 0 saturated carbocycles. The number of hydrogen-bond acceptors (Lipinski definition) is 4. The Labute approximate surface area is 112 Å². The average Bonchev–Trinajstić information content (AvgIpc) is 2.74. The van der Waals surface area contributed by atoms with E-state index >= 15 is 0 Å². The van der Waals surface area contributed by atoms with Crippen molar-refractivity contribution >= 4 is 22.4 Å². The molecule has 1 aromatic carbocycles. The molecule has 0 aliphatic carbocycles. The molecule has 100 valence electrons. The van der Waals surface area contributed by atoms with Crippen molar-refractivity contribution in [3.63, 3.8) is 0 Å². The molecular formula is C12H10F2N2O2S. The SMILES string of the molecule is Cc1cnc(NC(=O)c2cccc(OC(F)F)c2)s1. The van der Waals surface area contributed by atoms with E-state index in [9.17, 15) is 13.6 Å². The first kappa shape index (κ1) is 13.4. The zero-order chi connectivity index (χ0) is 13.8. The van der Waals surface area contributed by atoms with Crippen LogP contribution in [0.1, 0.15) is 15.2 Å². The van der Waals surface area contributed by atoms with Gasteiger partial charge in [0.1, 0.15) is 5.75 Å². The summed E-state index contributed by atoms with van der Waals surface area (Å²) in [5.74, 6) is -0.480. The number of nitrogens with one attached hydrogen (secondary N) is 1. The number of aryl methyl sites for hydroxylation is 1. The molecule has 2 aromatic rings. The van der Waals surface area contributed by atoms with Gasteiger partial charge in [0.2, 0.25) is 0 Å². The third-order valence-electron chi connectivity index (χ3n) is 2.16. The summed E-state index contributed by atoms with van der Waals surface area (Å²) in [5.41, 5.74) is 0.228. The van der Waals surface area contributed by atoms with Crippen molar-refractivity contribution < 1.29 is 18.3 Å². The van der Waals surface area contributed by atoms with Crippen molar-refractivity contribution in [3.8, 4) is 5.75 Å². The third-order valence-corrected chi connectivity index (χ3v) is 2.99. The first-order valence-corrected chi connectivity index (χ1v) is 6.15. The number of carbonyl (C=O) groups is 1. The molecule has 1 heterocycles. The maximum atomic E-state index is 12.1. The normalized spacial score (nSPS) is 10.5. The molecule has 7 heteroatoms. The summed E-state index contributed by atoms with van der Waals surface area (Å²) in [6, 6.07) is 5.59. The van der Waals surface area contributed by atoms with Crippen LogP contribution in [-0.4, -0.2) is 17.5 Å². The number of rotatable bonds is 4. The third kappa shape index (κ3) is 3.72. The smallest absolute Gasteiger partial charge is 0.387 e. The lowest BCUT2D eigenvalue weighted by Gasteiger charge is -2.06. The Bertz CT molecular complexity index is 587. The van der Waals surface area contributed by atoms with Gasteiger partial charge in [0.05, 0.1) is 0 Å². The van der Waals surface area contributed by atoms with Gasteiger partial charge in [-0.05, 0) is 25.1 Å². The summed E-state index contributed by atoms with van der Waals surface area (Å²) < 4.78 is 28.4. The molecule has 0 aliphatic heterocycles. The Kier molecular flexibility index (Phi) is 4.06. The van der Waals surface area contributed by atoms with Crippen LogP contribution in [0.15, 0.2) is 30.5 Å². The molecular weight excluding hydrogens is 274 g/mol. The minimum Gasteiger partial charge on any atom is -0.435 e. The summed E-state index contributed by atoms with van der Waals surface area (Å²) >= 11 is 1.33. The van der Waals surface area contributed by atoms with Crippen LogP contribution in [0, 0.1) is 6.92 Å². The van der Waals surface area contributed by atoms with Crippen molar-refractivity contribution in [2.24, 2.45) is 0 Å². The molecule has 4 nitrogen and oxygen atoms in total. The number of hydrogen-bond donors (Lipinski definition) is 1. The number of nitrogens with zero attached hydrogens (tertiary/aromatic N) is 1. The predicted octanol–water partition coefficient (Wildman–Crippen LogP) is 3.31. The minimum atomic E-state index is -2.92. The van der Waals surface area contributed by atoms with Crippen molar-refractivity contribution in [1.82, 2.24) is 4.98 Å². The van der Waals surface area contributed by atoms with Crippen LogP contribution in [0.2, 0.25) is 0 Å². The Balaban J connectivity index is 2.10. The lowest BCUT2D eigenvalue weighted by Crippen LogP contribution is -2.12. The Hall–Kier alpha value is -2.02. The topological polar surface area (TPSA) is 51.2 Å². The van der Waals surface area contributed by atoms with Crippen molar-refractivity contribution in [1.29, 1.82) is 0 Å². The fraction of sp³-hybridized carbons (Fsp3) is 0.167. The molecule has 0 spiro atoms. The molecule has 0 atom stereocenters. The van der Waals surface area contributed by atoms with Crippen molar-refractivity contribution in [2.45, 2.75) is 13.5 Å². The maximum Gasteiger partial charge on any atom is 0.387 e. The van der Waals surface area contributed by atoms with E-state index in [1.165, 1.54) is 35.6 Å². The van der Waals surface area contributed by atoms with Gasteiger partial charge in [-0.15, -0.1) is 11.3 Å². The molecule has 0 radical (unpaired) electrons. The number of thiazole rings is 1. The lowest BCUT2D eigenvalue weighted by atomic mass is 10.2. The summed E-state index contributed by atoms with van der Waals surface area (Å²) in [4.78, 5) is 16.8. The van der Waals surface area contributed by atoms with Gasteiger partial charge in [0.25, 0.3) is 5.91 Å². The zero-order valence-corrected chi connectivity index (χ0v) is 10.7. The molecule has 0 fully saturated rings. The number of aromatic nitrogens is 1. The number of amides is 1. The molecule has 2 rings (SSSR count). The Morgan fingerprint density at radius 2 is 2.26 bits per heavy atom. The molecule has 1 amide bonds. The summed E-state index contributed by atoms with van der Waals surface area (Å²) in [5, 5.41) is 3.05. The molecule has 0 unspecified atom stereocenters. The monoisotopic (exact) mass is 284 g/mol. The van der Waals surface area contributed by atoms with Gasteiger partial charge in [-0.3, -0.25) is 10.1 Å². The van der Waals surface area contributed by atoms with Crippen LogP contribution in [0.4, 0.5) is 13.9 Å². The van der Waals surface area contributed by atoms with Crippen molar-refractivity contribution in [2.75, 3.05) is 5.32 Å². The van der Waals surface area contributed by atoms with Crippen LogP contribution in [-0.2, 0) is 0 Å². The summed E-state index contributed by atoms with van der Waals surface area (Å²) in [6.45, 7) is -1.05. The standard InChI is InChI=1S/C12H10F2N2O2S/c1-7-6-15-12(19-7)16-10(17)8-3-2-4-9(5-8)18-11(13)14/h2-6,11H,1H3,(H,15,16,17). The van der Waals surface area contributed by atoms with Crippen LogP contribution in [0.25, 0.3) is 0 Å². The number of halogens is 2. The molecule has 0 bridgehead atoms. The van der Waals surface area contributed by atoms with Crippen LogP contribution in [0.3, 0.4) is 0 Å². The van der Waals surface area contributed by atoms with Crippen LogP contribution >= 0.6 is 11.3 Å². The van der Waals surface area contributed by atoms with Crippen molar-refractivity contribution in [3.05, 3.63) is 40.9 Å². The second-order valence-corrected chi connectivity index (χ2v) is 4.87. The van der Waals surface area contributed by atoms with Gasteiger partial charge < -0.3 is 4.74 Å². The quantitative estimate of drug-likeness (QED) is 0.937. The van der Waals surface area contributed by atoms with Gasteiger partial charge in [0, 0.05) is 16.6 Å². The van der Waals surface area contributed by atoms with E-state index in [-0.39, 0.29) is 11.3 Å². The number of ether oxygens (including phenoxy) is 1. The number of alkyl halides is 2. The van der Waals surface area contributed by atoms with Gasteiger partial charge in [-0.25, -0.2) is 4.98 Å². The van der Waals surface area contributed by atoms with E-state index in [0.717, 1.165) is 4.88 Å². The van der Waals surface area contributed by atoms with E-state index in [1.807, 2.05) is 6.92 Å². The minimum absolute atomic E-state index is 0.0574. The van der Waals surface area contributed by atoms with Crippen LogP contribution in [0.5, 0.6) is 5.75 Å². The summed E-state index contributed by atoms with van der Waals surface area (Å²) in [6.07, 6.45) is 1.64. The maximum absolute atomic E-state index is 12.1. The summed E-state index contributed by atoms with van der Waals surface area (Å²) in [7, 11) is 0. The number of carbonyl (C=O) groups excluding carboxylic acids is 1. The number of anilines is 1. The van der Waals surface area contributed by atoms with E-state index in [2.05, 4.69) is 15.0 Å². The first-order chi connectivity index (χ1) is 9.04. The van der Waals surface area contributed by atoms with Gasteiger partial charge >= 0.3 is 6.61 Å².